The third kappa shape index (κ3) is 6.55. The smallest absolute Gasteiger partial charge is 0.217 e. The fourth-order valence-corrected chi connectivity index (χ4v) is 2.21. The van der Waals surface area contributed by atoms with E-state index in [0.717, 1.165) is 52.1 Å². The highest BCUT2D eigenvalue weighted by molar-refractivity contribution is 7.80. The van der Waals surface area contributed by atoms with Crippen molar-refractivity contribution in [3.63, 3.8) is 0 Å². The van der Waals surface area contributed by atoms with Crippen LogP contribution in [0.4, 0.5) is 0 Å². The number of thiocarbonyl (C=S) groups is 1. The first-order valence-corrected chi connectivity index (χ1v) is 6.50. The lowest BCUT2D eigenvalue weighted by molar-refractivity contribution is -0.118. The zero-order chi connectivity index (χ0) is 12.7. The van der Waals surface area contributed by atoms with Gasteiger partial charge in [-0.1, -0.05) is 12.2 Å². The lowest BCUT2D eigenvalue weighted by atomic mass is 10.2. The molecule has 1 saturated heterocycles. The SMILES string of the molecule is NC(=O)CCCCN1CCN(CC(N)=S)CC1. The summed E-state index contributed by atoms with van der Waals surface area (Å²) in [6.07, 6.45) is 2.43. The number of carbonyl (C=O) groups excluding carboxylic acids is 1. The molecule has 5 nitrogen and oxygen atoms in total. The molecule has 0 saturated carbocycles. The van der Waals surface area contributed by atoms with Crippen LogP contribution in [0.3, 0.4) is 0 Å². The Labute approximate surface area is 108 Å². The first-order chi connectivity index (χ1) is 8.08. The highest BCUT2D eigenvalue weighted by atomic mass is 32.1. The van der Waals surface area contributed by atoms with Crippen LogP contribution in [-0.4, -0.2) is 60.0 Å². The number of carbonyl (C=O) groups is 1. The summed E-state index contributed by atoms with van der Waals surface area (Å²) in [5, 5.41) is 0. The summed E-state index contributed by atoms with van der Waals surface area (Å²) in [4.78, 5) is 15.8. The molecule has 6 heteroatoms. The molecule has 0 bridgehead atoms. The molecule has 1 rings (SSSR count). The first-order valence-electron chi connectivity index (χ1n) is 6.09. The Morgan fingerprint density at radius 2 is 1.65 bits per heavy atom. The lowest BCUT2D eigenvalue weighted by Crippen LogP contribution is -2.48. The third-order valence-electron chi connectivity index (χ3n) is 2.99. The molecule has 4 N–H and O–H groups in total. The quantitative estimate of drug-likeness (QED) is 0.478. The average Bonchev–Trinajstić information content (AvgIpc) is 2.25. The molecule has 0 aliphatic carbocycles. The molecule has 0 radical (unpaired) electrons. The highest BCUT2D eigenvalue weighted by Gasteiger charge is 2.16. The van der Waals surface area contributed by atoms with E-state index in [9.17, 15) is 4.79 Å². The summed E-state index contributed by atoms with van der Waals surface area (Å²) in [6, 6.07) is 0. The summed E-state index contributed by atoms with van der Waals surface area (Å²) in [5.41, 5.74) is 10.6. The number of hydrogen-bond donors (Lipinski definition) is 2. The number of hydrogen-bond acceptors (Lipinski definition) is 4. The first kappa shape index (κ1) is 14.3. The second-order valence-corrected chi connectivity index (χ2v) is 5.03. The molecule has 1 aliphatic heterocycles. The van der Waals surface area contributed by atoms with Gasteiger partial charge in [-0.15, -0.1) is 0 Å². The monoisotopic (exact) mass is 258 g/mol. The molecule has 0 aromatic heterocycles. The fourth-order valence-electron chi connectivity index (χ4n) is 2.03. The van der Waals surface area contributed by atoms with Crippen LogP contribution in [0.25, 0.3) is 0 Å². The summed E-state index contributed by atoms with van der Waals surface area (Å²) in [6.45, 7) is 5.93. The van der Waals surface area contributed by atoms with E-state index in [1.807, 2.05) is 0 Å². The average molecular weight is 258 g/mol. The predicted molar refractivity (Wildman–Crippen MR) is 72.7 cm³/mol. The molecule has 0 aromatic carbocycles. The van der Waals surface area contributed by atoms with E-state index < -0.39 is 0 Å². The van der Waals surface area contributed by atoms with Gasteiger partial charge in [0.1, 0.15) is 0 Å². The molecule has 17 heavy (non-hydrogen) atoms. The van der Waals surface area contributed by atoms with Gasteiger partial charge >= 0.3 is 0 Å². The summed E-state index contributed by atoms with van der Waals surface area (Å²) < 4.78 is 0. The third-order valence-corrected chi connectivity index (χ3v) is 3.12. The largest absolute Gasteiger partial charge is 0.392 e. The molecular formula is C11H22N4OS. The van der Waals surface area contributed by atoms with Crippen LogP contribution in [0, 0.1) is 0 Å². The van der Waals surface area contributed by atoms with Gasteiger partial charge in [-0.05, 0) is 19.4 Å². The maximum absolute atomic E-state index is 10.6. The van der Waals surface area contributed by atoms with E-state index in [4.69, 9.17) is 23.7 Å². The molecule has 1 heterocycles. The number of amides is 1. The van der Waals surface area contributed by atoms with Crippen LogP contribution in [0.15, 0.2) is 0 Å². The Morgan fingerprint density at radius 3 is 2.18 bits per heavy atom. The molecule has 0 spiro atoms. The van der Waals surface area contributed by atoms with Crippen molar-refractivity contribution in [3.8, 4) is 0 Å². The minimum Gasteiger partial charge on any atom is -0.392 e. The molecule has 98 valence electrons. The van der Waals surface area contributed by atoms with Crippen molar-refractivity contribution in [2.45, 2.75) is 19.3 Å². The highest BCUT2D eigenvalue weighted by Crippen LogP contribution is 2.04. The molecule has 0 atom stereocenters. The Hall–Kier alpha value is -0.720. The minimum atomic E-state index is -0.203. The van der Waals surface area contributed by atoms with Crippen LogP contribution in [0.5, 0.6) is 0 Å². The standard InChI is InChI=1S/C11H22N4OS/c12-10(16)3-1-2-4-14-5-7-15(8-6-14)9-11(13)17/h1-9H2,(H2,12,16)(H2,13,17). The van der Waals surface area contributed by atoms with Gasteiger partial charge in [-0.2, -0.15) is 0 Å². The molecule has 0 unspecified atom stereocenters. The second-order valence-electron chi connectivity index (χ2n) is 4.51. The van der Waals surface area contributed by atoms with Gasteiger partial charge in [-0.3, -0.25) is 9.69 Å². The summed E-state index contributed by atoms with van der Waals surface area (Å²) in [5.74, 6) is -0.203. The van der Waals surface area contributed by atoms with E-state index in [1.165, 1.54) is 0 Å². The molecule has 1 aliphatic rings. The van der Waals surface area contributed by atoms with Crippen molar-refractivity contribution in [2.75, 3.05) is 39.3 Å². The van der Waals surface area contributed by atoms with E-state index in [2.05, 4.69) is 9.80 Å². The minimum absolute atomic E-state index is 0.203. The van der Waals surface area contributed by atoms with Gasteiger partial charge in [0.15, 0.2) is 0 Å². The Bertz CT molecular complexity index is 261. The number of piperazine rings is 1. The second kappa shape index (κ2) is 7.58. The maximum Gasteiger partial charge on any atom is 0.217 e. The zero-order valence-corrected chi connectivity index (χ0v) is 11.0. The van der Waals surface area contributed by atoms with Gasteiger partial charge in [-0.25, -0.2) is 0 Å². The van der Waals surface area contributed by atoms with Crippen molar-refractivity contribution in [3.05, 3.63) is 0 Å². The fraction of sp³-hybridized carbons (Fsp3) is 0.818. The van der Waals surface area contributed by atoms with E-state index in [0.29, 0.717) is 11.4 Å². The number of nitrogens with zero attached hydrogens (tertiary/aromatic N) is 2. The summed E-state index contributed by atoms with van der Waals surface area (Å²) in [7, 11) is 0. The molecule has 1 amide bonds. The zero-order valence-electron chi connectivity index (χ0n) is 10.2. The maximum atomic E-state index is 10.6. The van der Waals surface area contributed by atoms with Crippen LogP contribution in [0.2, 0.25) is 0 Å². The van der Waals surface area contributed by atoms with E-state index >= 15 is 0 Å². The van der Waals surface area contributed by atoms with Gasteiger partial charge in [0.2, 0.25) is 5.91 Å². The van der Waals surface area contributed by atoms with E-state index in [1.54, 1.807) is 0 Å². The van der Waals surface area contributed by atoms with Crippen LogP contribution < -0.4 is 11.5 Å². The lowest BCUT2D eigenvalue weighted by Gasteiger charge is -2.34. The van der Waals surface area contributed by atoms with Crippen LogP contribution in [0.1, 0.15) is 19.3 Å². The molecule has 0 aromatic rings. The normalized spacial score (nSPS) is 18.1. The Morgan fingerprint density at radius 1 is 1.06 bits per heavy atom. The number of nitrogens with two attached hydrogens (primary N) is 2. The number of unbranched alkanes of at least 4 members (excludes halogenated alkanes) is 1. The molecular weight excluding hydrogens is 236 g/mol. The van der Waals surface area contributed by atoms with Crippen molar-refractivity contribution in [1.82, 2.24) is 9.80 Å². The van der Waals surface area contributed by atoms with Gasteiger partial charge < -0.3 is 16.4 Å². The predicted octanol–water partition coefficient (Wildman–Crippen LogP) is -0.454. The van der Waals surface area contributed by atoms with Gasteiger partial charge in [0, 0.05) is 39.1 Å². The van der Waals surface area contributed by atoms with Gasteiger partial charge in [0.25, 0.3) is 0 Å². The topological polar surface area (TPSA) is 75.6 Å². The van der Waals surface area contributed by atoms with Crippen molar-refractivity contribution in [2.24, 2.45) is 11.5 Å². The van der Waals surface area contributed by atoms with E-state index in [-0.39, 0.29) is 5.91 Å². The molecule has 1 fully saturated rings. The summed E-state index contributed by atoms with van der Waals surface area (Å²) >= 11 is 4.89. The van der Waals surface area contributed by atoms with Crippen molar-refractivity contribution in [1.29, 1.82) is 0 Å². The van der Waals surface area contributed by atoms with Crippen molar-refractivity contribution >= 4 is 23.1 Å². The number of rotatable bonds is 7. The number of primary amides is 1. The Balaban J connectivity index is 2.06. The van der Waals surface area contributed by atoms with Crippen molar-refractivity contribution < 1.29 is 4.79 Å². The van der Waals surface area contributed by atoms with Crippen LogP contribution in [-0.2, 0) is 4.79 Å². The van der Waals surface area contributed by atoms with Crippen LogP contribution >= 0.6 is 12.2 Å². The van der Waals surface area contributed by atoms with Gasteiger partial charge in [0.05, 0.1) is 4.99 Å². The Kier molecular flexibility index (Phi) is 6.39.